The van der Waals surface area contributed by atoms with Crippen LogP contribution in [-0.4, -0.2) is 38.1 Å². The fourth-order valence-corrected chi connectivity index (χ4v) is 4.16. The molecule has 1 heterocycles. The summed E-state index contributed by atoms with van der Waals surface area (Å²) in [5.41, 5.74) is 3.43. The average molecular weight is 342 g/mol. The van der Waals surface area contributed by atoms with Crippen LogP contribution in [0.5, 0.6) is 0 Å². The van der Waals surface area contributed by atoms with Gasteiger partial charge in [-0.1, -0.05) is 30.3 Å². The van der Waals surface area contributed by atoms with Crippen molar-refractivity contribution in [2.24, 2.45) is 0 Å². The van der Waals surface area contributed by atoms with Crippen LogP contribution in [0.2, 0.25) is 0 Å². The Labute approximate surface area is 149 Å². The van der Waals surface area contributed by atoms with Gasteiger partial charge in [-0.25, -0.2) is 0 Å². The Morgan fingerprint density at radius 1 is 1.12 bits per heavy atom. The molecule has 0 radical (unpaired) electrons. The van der Waals surface area contributed by atoms with E-state index in [1.54, 1.807) is 14.2 Å². The highest BCUT2D eigenvalue weighted by Crippen LogP contribution is 2.55. The molecule has 4 heteroatoms. The van der Waals surface area contributed by atoms with Crippen LogP contribution in [-0.2, 0) is 25.6 Å². The highest BCUT2D eigenvalue weighted by Gasteiger charge is 2.61. The van der Waals surface area contributed by atoms with E-state index >= 15 is 0 Å². The van der Waals surface area contributed by atoms with Crippen molar-refractivity contribution < 1.29 is 18.9 Å². The predicted molar refractivity (Wildman–Crippen MR) is 95.1 cm³/mol. The van der Waals surface area contributed by atoms with Crippen LogP contribution in [0, 0.1) is 0 Å². The second kappa shape index (κ2) is 6.60. The molecule has 2 aliphatic carbocycles. The minimum atomic E-state index is -0.319. The quantitative estimate of drug-likeness (QED) is 0.738. The summed E-state index contributed by atoms with van der Waals surface area (Å²) in [5.74, 6) is 1.03. The number of benzene rings is 1. The summed E-state index contributed by atoms with van der Waals surface area (Å²) >= 11 is 0. The van der Waals surface area contributed by atoms with E-state index in [1.165, 1.54) is 16.7 Å². The summed E-state index contributed by atoms with van der Waals surface area (Å²) in [7, 11) is 3.57. The molecule has 0 saturated carbocycles. The standard InChI is InChI=1S/C21H26O4/c1-14(24-13-15-7-5-4-6-8-15)21-12-17-16(11-20(21)25-21)18(22-2)9-10-19(17)23-3/h4-8,11,14,18-19H,9-10,12-13H2,1-3H3. The SMILES string of the molecule is COC1CCC(OC)C2=C1C=C1OC1(C(C)OCc1ccccc1)C2. The minimum absolute atomic E-state index is 0.00608. The largest absolute Gasteiger partial charge is 0.476 e. The maximum atomic E-state index is 6.15. The summed E-state index contributed by atoms with van der Waals surface area (Å²) in [6.07, 6.45) is 5.28. The monoisotopic (exact) mass is 342 g/mol. The molecule has 4 unspecified atom stereocenters. The molecule has 1 aromatic carbocycles. The lowest BCUT2D eigenvalue weighted by atomic mass is 9.77. The highest BCUT2D eigenvalue weighted by molar-refractivity contribution is 5.49. The molecule has 134 valence electrons. The number of rotatable bonds is 6. The van der Waals surface area contributed by atoms with Crippen LogP contribution in [0.15, 0.2) is 53.3 Å². The van der Waals surface area contributed by atoms with Crippen LogP contribution < -0.4 is 0 Å². The van der Waals surface area contributed by atoms with Gasteiger partial charge in [0.05, 0.1) is 18.8 Å². The van der Waals surface area contributed by atoms with Crippen molar-refractivity contribution in [1.29, 1.82) is 0 Å². The van der Waals surface area contributed by atoms with Crippen molar-refractivity contribution in [2.45, 2.75) is 56.7 Å². The van der Waals surface area contributed by atoms with E-state index in [1.807, 2.05) is 18.2 Å². The van der Waals surface area contributed by atoms with Gasteiger partial charge in [0.2, 0.25) is 0 Å². The second-order valence-electron chi connectivity index (χ2n) is 7.12. The predicted octanol–water partition coefficient (Wildman–Crippen LogP) is 3.77. The molecule has 1 aromatic rings. The van der Waals surface area contributed by atoms with Gasteiger partial charge in [-0.05, 0) is 42.6 Å². The summed E-state index contributed by atoms with van der Waals surface area (Å²) < 4.78 is 23.6. The zero-order valence-corrected chi connectivity index (χ0v) is 15.2. The molecule has 0 N–H and O–H groups in total. The number of ether oxygens (including phenoxy) is 4. The van der Waals surface area contributed by atoms with Gasteiger partial charge in [-0.15, -0.1) is 0 Å². The third kappa shape index (κ3) is 2.92. The fraction of sp³-hybridized carbons (Fsp3) is 0.524. The molecule has 3 aliphatic rings. The Morgan fingerprint density at radius 2 is 1.84 bits per heavy atom. The second-order valence-corrected chi connectivity index (χ2v) is 7.12. The first-order chi connectivity index (χ1) is 12.2. The van der Waals surface area contributed by atoms with Crippen molar-refractivity contribution >= 4 is 0 Å². The lowest BCUT2D eigenvalue weighted by Gasteiger charge is -2.34. The first kappa shape index (κ1) is 16.8. The van der Waals surface area contributed by atoms with E-state index in [-0.39, 0.29) is 23.9 Å². The maximum Gasteiger partial charge on any atom is 0.194 e. The van der Waals surface area contributed by atoms with Gasteiger partial charge >= 0.3 is 0 Å². The minimum Gasteiger partial charge on any atom is -0.476 e. The number of epoxide rings is 1. The average Bonchev–Trinajstić information content (AvgIpc) is 3.39. The van der Waals surface area contributed by atoms with Crippen LogP contribution >= 0.6 is 0 Å². The summed E-state index contributed by atoms with van der Waals surface area (Å²) in [5, 5.41) is 0. The molecule has 0 amide bonds. The third-order valence-corrected chi connectivity index (χ3v) is 5.77. The maximum absolute atomic E-state index is 6.15. The van der Waals surface area contributed by atoms with Gasteiger partial charge in [-0.2, -0.15) is 0 Å². The van der Waals surface area contributed by atoms with Crippen LogP contribution in [0.4, 0.5) is 0 Å². The van der Waals surface area contributed by atoms with Crippen molar-refractivity contribution in [3.63, 3.8) is 0 Å². The Kier molecular flexibility index (Phi) is 4.44. The molecule has 0 spiro atoms. The zero-order valence-electron chi connectivity index (χ0n) is 15.2. The van der Waals surface area contributed by atoms with Crippen LogP contribution in [0.3, 0.4) is 0 Å². The smallest absolute Gasteiger partial charge is 0.194 e. The molecule has 1 saturated heterocycles. The molecule has 25 heavy (non-hydrogen) atoms. The molecule has 0 aromatic heterocycles. The lowest BCUT2D eigenvalue weighted by molar-refractivity contribution is -0.00704. The van der Waals surface area contributed by atoms with E-state index in [0.717, 1.165) is 25.0 Å². The first-order valence-corrected chi connectivity index (χ1v) is 9.03. The third-order valence-electron chi connectivity index (χ3n) is 5.77. The normalized spacial score (nSPS) is 31.6. The van der Waals surface area contributed by atoms with E-state index in [0.29, 0.717) is 6.61 Å². The van der Waals surface area contributed by atoms with Crippen LogP contribution in [0.1, 0.15) is 31.7 Å². The summed E-state index contributed by atoms with van der Waals surface area (Å²) in [4.78, 5) is 0. The number of methoxy groups -OCH3 is 2. The fourth-order valence-electron chi connectivity index (χ4n) is 4.16. The molecular weight excluding hydrogens is 316 g/mol. The van der Waals surface area contributed by atoms with Crippen molar-refractivity contribution in [1.82, 2.24) is 0 Å². The Hall–Kier alpha value is -1.62. The molecular formula is C21H26O4. The molecule has 0 bridgehead atoms. The first-order valence-electron chi connectivity index (χ1n) is 9.03. The summed E-state index contributed by atoms with van der Waals surface area (Å²) in [6.45, 7) is 2.70. The van der Waals surface area contributed by atoms with E-state index in [2.05, 4.69) is 25.1 Å². The van der Waals surface area contributed by atoms with Gasteiger partial charge in [0, 0.05) is 20.6 Å². The van der Waals surface area contributed by atoms with Crippen molar-refractivity contribution in [3.8, 4) is 0 Å². The Balaban J connectivity index is 1.50. The Morgan fingerprint density at radius 3 is 2.56 bits per heavy atom. The van der Waals surface area contributed by atoms with Crippen molar-refractivity contribution in [3.05, 3.63) is 58.9 Å². The van der Waals surface area contributed by atoms with Gasteiger partial charge in [-0.3, -0.25) is 0 Å². The van der Waals surface area contributed by atoms with Crippen molar-refractivity contribution in [2.75, 3.05) is 14.2 Å². The Bertz CT molecular complexity index is 693. The number of fused-ring (bicyclic) bond motifs is 1. The number of hydrogen-bond acceptors (Lipinski definition) is 4. The van der Waals surface area contributed by atoms with E-state index in [9.17, 15) is 0 Å². The zero-order chi connectivity index (χ0) is 17.4. The lowest BCUT2D eigenvalue weighted by Crippen LogP contribution is -2.37. The number of hydrogen-bond donors (Lipinski definition) is 0. The topological polar surface area (TPSA) is 40.2 Å². The highest BCUT2D eigenvalue weighted by atomic mass is 16.6. The molecule has 4 rings (SSSR count). The van der Waals surface area contributed by atoms with Gasteiger partial charge in [0.25, 0.3) is 0 Å². The molecule has 1 aliphatic heterocycles. The van der Waals surface area contributed by atoms with Gasteiger partial charge < -0.3 is 18.9 Å². The van der Waals surface area contributed by atoms with Gasteiger partial charge in [0.1, 0.15) is 11.9 Å². The summed E-state index contributed by atoms with van der Waals surface area (Å²) in [6, 6.07) is 10.3. The molecule has 4 atom stereocenters. The van der Waals surface area contributed by atoms with E-state index < -0.39 is 0 Å². The van der Waals surface area contributed by atoms with Crippen LogP contribution in [0.25, 0.3) is 0 Å². The van der Waals surface area contributed by atoms with E-state index in [4.69, 9.17) is 18.9 Å². The van der Waals surface area contributed by atoms with Gasteiger partial charge in [0.15, 0.2) is 5.60 Å². The molecule has 4 nitrogen and oxygen atoms in total. The molecule has 1 fully saturated rings.